The van der Waals surface area contributed by atoms with E-state index < -0.39 is 44.6 Å². The fourth-order valence-corrected chi connectivity index (χ4v) is 8.74. The smallest absolute Gasteiger partial charge is 0.303 e. The van der Waals surface area contributed by atoms with Crippen LogP contribution < -0.4 is 15.5 Å². The fourth-order valence-electron chi connectivity index (χ4n) is 8.08. The number of anilines is 1. The summed E-state index contributed by atoms with van der Waals surface area (Å²) >= 11 is 0. The van der Waals surface area contributed by atoms with Crippen molar-refractivity contribution in [3.05, 3.63) is 93.8 Å². The van der Waals surface area contributed by atoms with Gasteiger partial charge in [-0.25, -0.2) is 0 Å². The second-order valence-corrected chi connectivity index (χ2v) is 16.0. The minimum Gasteiger partial charge on any atom is -0.481 e. The van der Waals surface area contributed by atoms with Crippen molar-refractivity contribution in [2.45, 2.75) is 76.7 Å². The Balaban J connectivity index is 1.47. The van der Waals surface area contributed by atoms with E-state index in [1.54, 1.807) is 0 Å². The summed E-state index contributed by atoms with van der Waals surface area (Å²) in [5.74, 6) is -2.75. The Bertz CT molecular complexity index is 2040. The summed E-state index contributed by atoms with van der Waals surface area (Å²) in [4.78, 5) is 41.0. The van der Waals surface area contributed by atoms with Crippen molar-refractivity contribution >= 4 is 44.9 Å². The Morgan fingerprint density at radius 3 is 2.38 bits per heavy atom. The van der Waals surface area contributed by atoms with Crippen LogP contribution in [0.5, 0.6) is 0 Å². The van der Waals surface area contributed by atoms with Crippen LogP contribution in [-0.2, 0) is 35.3 Å². The van der Waals surface area contributed by atoms with Crippen LogP contribution in [0.25, 0.3) is 0 Å². The molecule has 1 aliphatic carbocycles. The van der Waals surface area contributed by atoms with Gasteiger partial charge in [0.2, 0.25) is 11.6 Å². The zero-order valence-corrected chi connectivity index (χ0v) is 30.0. The van der Waals surface area contributed by atoms with Crippen molar-refractivity contribution in [1.29, 1.82) is 0 Å². The lowest BCUT2D eigenvalue weighted by Crippen LogP contribution is -2.51. The third kappa shape index (κ3) is 6.19. The average molecular weight is 702 g/mol. The Kier molecular flexibility index (Phi) is 9.15. The number of amides is 1. The highest BCUT2D eigenvalue weighted by atomic mass is 32.2. The molecule has 1 atom stereocenters. The van der Waals surface area contributed by atoms with Gasteiger partial charge in [-0.15, -0.1) is 0 Å². The third-order valence-corrected chi connectivity index (χ3v) is 11.2. The number of hydrogen-bond acceptors (Lipinski definition) is 7. The molecule has 0 saturated carbocycles. The zero-order chi connectivity index (χ0) is 36.2. The third-order valence-electron chi connectivity index (χ3n) is 10.5. The van der Waals surface area contributed by atoms with Crippen molar-refractivity contribution in [2.24, 2.45) is 0 Å². The van der Waals surface area contributed by atoms with Crippen LogP contribution >= 0.6 is 0 Å². The molecule has 0 spiro atoms. The molecule has 4 N–H and O–H groups in total. The molecule has 1 amide bonds. The van der Waals surface area contributed by atoms with Crippen molar-refractivity contribution in [1.82, 2.24) is 10.6 Å². The van der Waals surface area contributed by atoms with Crippen LogP contribution in [0, 0.1) is 0 Å². The summed E-state index contributed by atoms with van der Waals surface area (Å²) in [6, 6.07) is 14.8. The lowest BCUT2D eigenvalue weighted by Gasteiger charge is -2.34. The van der Waals surface area contributed by atoms with Crippen LogP contribution in [0.15, 0.2) is 82.7 Å². The van der Waals surface area contributed by atoms with Gasteiger partial charge in [0.05, 0.1) is 16.7 Å². The van der Waals surface area contributed by atoms with Gasteiger partial charge in [0.1, 0.15) is 18.3 Å². The standard InChI is InChI=1S/C38H44N4O7S/c1-37(2)25-14-6-8-16-28(25)41(5)30(37)21-24-33(40-27(22-50(47,48)49)36(46)39-19-11-10-18-31(43)44)32(34(24)45)23-13-12-20-42-29-17-9-7-15-26(29)38(3,4)35(23)42/h6-9,14-17,21,27H,10-13,18-20,22H2,1-5H3,(H3-,39,40,43,44,45,46,47,48,49)/p+1. The van der Waals surface area contributed by atoms with Crippen LogP contribution in [0.3, 0.4) is 0 Å². The highest BCUT2D eigenvalue weighted by molar-refractivity contribution is 7.85. The molecule has 50 heavy (non-hydrogen) atoms. The molecule has 0 bridgehead atoms. The molecule has 2 aromatic carbocycles. The number of fused-ring (bicyclic) bond motifs is 3. The number of ketones is 1. The summed E-state index contributed by atoms with van der Waals surface area (Å²) in [5.41, 5.74) is 7.34. The monoisotopic (exact) mass is 701 g/mol. The number of carboxylic acid groups (broad SMARTS) is 1. The van der Waals surface area contributed by atoms with E-state index in [2.05, 4.69) is 61.1 Å². The zero-order valence-electron chi connectivity index (χ0n) is 29.2. The van der Waals surface area contributed by atoms with Crippen molar-refractivity contribution in [2.75, 3.05) is 30.8 Å². The first kappa shape index (κ1) is 35.3. The highest BCUT2D eigenvalue weighted by Gasteiger charge is 2.52. The maximum Gasteiger partial charge on any atom is 0.303 e. The Morgan fingerprint density at radius 1 is 1.02 bits per heavy atom. The van der Waals surface area contributed by atoms with Crippen molar-refractivity contribution in [3.63, 3.8) is 0 Å². The molecule has 264 valence electrons. The number of hydrogen-bond donors (Lipinski definition) is 4. The topological polar surface area (TPSA) is 156 Å². The number of Topliss-reactive ketones (excluding diaryl/α,β-unsaturated/α-hetero) is 1. The van der Waals surface area contributed by atoms with E-state index in [9.17, 15) is 27.4 Å². The van der Waals surface area contributed by atoms with Gasteiger partial charge in [0, 0.05) is 66.0 Å². The number of likely N-dealkylation sites (N-methyl/N-ethyl adjacent to an activating group) is 1. The number of carboxylic acids is 1. The highest BCUT2D eigenvalue weighted by Crippen LogP contribution is 2.50. The molecule has 0 aromatic heterocycles. The molecule has 12 heteroatoms. The van der Waals surface area contributed by atoms with Crippen molar-refractivity contribution < 1.29 is 37.0 Å². The number of benzene rings is 2. The number of carbonyl (C=O) groups excluding carboxylic acids is 2. The van der Waals surface area contributed by atoms with E-state index in [4.69, 9.17) is 5.11 Å². The van der Waals surface area contributed by atoms with Crippen molar-refractivity contribution in [3.8, 4) is 0 Å². The summed E-state index contributed by atoms with van der Waals surface area (Å²) in [6.07, 6.45) is 3.89. The van der Waals surface area contributed by atoms with Gasteiger partial charge in [0.15, 0.2) is 11.5 Å². The SMILES string of the molecule is CN1/C(=C/C2=C(NC(CS(=O)(=O)O)C(=O)NCCCCC(=O)O)C(=C3\CCC[N+]4=C3C(C)(C)c3ccccc34)/C2=O)C(C)(C)c2ccccc21. The summed E-state index contributed by atoms with van der Waals surface area (Å²) in [5, 5.41) is 14.8. The minimum atomic E-state index is -4.63. The molecule has 4 aliphatic rings. The van der Waals surface area contributed by atoms with E-state index in [1.165, 1.54) is 0 Å². The lowest BCUT2D eigenvalue weighted by atomic mass is 9.72. The number of unbranched alkanes of at least 4 members (excludes halogenated alkanes) is 1. The average Bonchev–Trinajstić information content (AvgIpc) is 3.41. The molecular formula is C38H45N4O7S+. The number of nitrogens with zero attached hydrogens (tertiary/aromatic N) is 2. The Morgan fingerprint density at radius 2 is 1.70 bits per heavy atom. The molecule has 3 aliphatic heterocycles. The van der Waals surface area contributed by atoms with E-state index in [0.717, 1.165) is 52.4 Å². The van der Waals surface area contributed by atoms with Gasteiger partial charge >= 0.3 is 5.97 Å². The van der Waals surface area contributed by atoms with E-state index in [1.807, 2.05) is 48.4 Å². The molecule has 0 fully saturated rings. The lowest BCUT2D eigenvalue weighted by molar-refractivity contribution is -0.441. The first-order chi connectivity index (χ1) is 23.5. The molecule has 1 unspecified atom stereocenters. The number of nitrogens with one attached hydrogen (secondary N) is 2. The van der Waals surface area contributed by atoms with Gasteiger partial charge in [-0.05, 0) is 50.8 Å². The number of carbonyl (C=O) groups is 3. The van der Waals surface area contributed by atoms with Crippen LogP contribution in [0.1, 0.15) is 70.9 Å². The van der Waals surface area contributed by atoms with Gasteiger partial charge in [-0.2, -0.15) is 13.0 Å². The maximum absolute atomic E-state index is 14.5. The van der Waals surface area contributed by atoms with E-state index >= 15 is 0 Å². The van der Waals surface area contributed by atoms with Crippen LogP contribution in [0.2, 0.25) is 0 Å². The van der Waals surface area contributed by atoms with Gasteiger partial charge in [-0.1, -0.05) is 50.2 Å². The minimum absolute atomic E-state index is 0.0583. The van der Waals surface area contributed by atoms with Crippen LogP contribution in [0.4, 0.5) is 11.4 Å². The van der Waals surface area contributed by atoms with Gasteiger partial charge in [-0.3, -0.25) is 18.9 Å². The summed E-state index contributed by atoms with van der Waals surface area (Å²) in [7, 11) is -2.69. The summed E-state index contributed by atoms with van der Waals surface area (Å²) < 4.78 is 36.7. The molecule has 3 heterocycles. The quantitative estimate of drug-likeness (QED) is 0.115. The van der Waals surface area contributed by atoms with Gasteiger partial charge < -0.3 is 20.6 Å². The van der Waals surface area contributed by atoms with Gasteiger partial charge in [0.25, 0.3) is 10.1 Å². The molecule has 6 rings (SSSR count). The first-order valence-corrected chi connectivity index (χ1v) is 18.7. The predicted molar refractivity (Wildman–Crippen MR) is 191 cm³/mol. The first-order valence-electron chi connectivity index (χ1n) is 17.1. The Labute approximate surface area is 293 Å². The number of para-hydroxylation sites is 2. The predicted octanol–water partition coefficient (Wildman–Crippen LogP) is 4.52. The summed E-state index contributed by atoms with van der Waals surface area (Å²) in [6.45, 7) is 9.36. The van der Waals surface area contributed by atoms with Crippen LogP contribution in [-0.4, -0.2) is 78.0 Å². The molecule has 2 aromatic rings. The Hall–Kier alpha value is -4.55. The number of aliphatic carboxylic acids is 1. The number of rotatable bonds is 11. The molecule has 0 radical (unpaired) electrons. The molecular weight excluding hydrogens is 657 g/mol. The number of allylic oxidation sites excluding steroid dienone is 5. The largest absolute Gasteiger partial charge is 0.481 e. The van der Waals surface area contributed by atoms with E-state index in [0.29, 0.717) is 36.1 Å². The second kappa shape index (κ2) is 13.0. The second-order valence-electron chi connectivity index (χ2n) is 14.5. The fraction of sp³-hybridized carbons (Fsp3) is 0.421. The normalized spacial score (nSPS) is 21.8. The maximum atomic E-state index is 14.5. The van der Waals surface area contributed by atoms with E-state index in [-0.39, 0.29) is 18.7 Å². The molecule has 0 saturated heterocycles. The molecule has 11 nitrogen and oxygen atoms in total.